The number of aryl methyl sites for hydroxylation is 1. The van der Waals surface area contributed by atoms with E-state index in [1.54, 1.807) is 25.8 Å². The van der Waals surface area contributed by atoms with E-state index in [2.05, 4.69) is 0 Å². The molecule has 7 heteroatoms. The van der Waals surface area contributed by atoms with E-state index in [-0.39, 0.29) is 6.92 Å². The van der Waals surface area contributed by atoms with E-state index in [0.717, 1.165) is 21.7 Å². The Labute approximate surface area is 155 Å². The normalized spacial score (nSPS) is 10.1. The van der Waals surface area contributed by atoms with Crippen molar-refractivity contribution in [1.82, 2.24) is 0 Å². The van der Waals surface area contributed by atoms with Gasteiger partial charge in [0.05, 0.1) is 0 Å². The number of hydrogen-bond donors (Lipinski definition) is 4. The van der Waals surface area contributed by atoms with E-state index in [1.165, 1.54) is 5.56 Å². The molecule has 132 valence electrons. The maximum Gasteiger partial charge on any atom is 0.488 e. The van der Waals surface area contributed by atoms with Gasteiger partial charge in [-0.1, -0.05) is 79.9 Å². The van der Waals surface area contributed by atoms with Crippen molar-refractivity contribution in [1.29, 1.82) is 0 Å². The Kier molecular flexibility index (Phi) is 7.06. The quantitative estimate of drug-likeness (QED) is 0.509. The first-order valence-electron chi connectivity index (χ1n) is 8.60. The number of hydrogen-bond acceptors (Lipinski definition) is 4. The fraction of sp³-hybridized carbons (Fsp3) is 0.158. The molecule has 0 saturated heterocycles. The van der Waals surface area contributed by atoms with Crippen LogP contribution in [0, 0.1) is 6.92 Å². The van der Waals surface area contributed by atoms with Crippen molar-refractivity contribution in [3.05, 3.63) is 66.2 Å². The first kappa shape index (κ1) is 20.3. The second-order valence-electron chi connectivity index (χ2n) is 6.50. The van der Waals surface area contributed by atoms with E-state index in [9.17, 15) is 5.02 Å². The van der Waals surface area contributed by atoms with E-state index < -0.39 is 14.0 Å². The van der Waals surface area contributed by atoms with Gasteiger partial charge in [0.1, 0.15) is 0 Å². The lowest BCUT2D eigenvalue weighted by Gasteiger charge is -2.05. The molecule has 3 aromatic rings. The van der Waals surface area contributed by atoms with Crippen molar-refractivity contribution < 1.29 is 20.1 Å². The summed E-state index contributed by atoms with van der Waals surface area (Å²) in [5, 5.41) is 38.5. The summed E-state index contributed by atoms with van der Waals surface area (Å²) in [6.45, 7) is 4.68. The number of rotatable bonds is 3. The smallest absolute Gasteiger partial charge is 0.447 e. The molecule has 0 fully saturated rings. The Hall–Kier alpha value is -2.05. The average Bonchev–Trinajstić information content (AvgIpc) is 2.61. The summed E-state index contributed by atoms with van der Waals surface area (Å²) in [4.78, 5) is 0. The molecule has 0 spiro atoms. The summed E-state index contributed by atoms with van der Waals surface area (Å²) in [6, 6.07) is 18.7. The van der Waals surface area contributed by atoms with Gasteiger partial charge in [-0.05, 0) is 34.1 Å². The zero-order valence-corrected chi connectivity index (χ0v) is 15.3. The molecule has 0 bridgehead atoms. The predicted molar refractivity (Wildman–Crippen MR) is 112 cm³/mol. The lowest BCUT2D eigenvalue weighted by molar-refractivity contribution is 0.426. The monoisotopic (exact) mass is 348 g/mol. The van der Waals surface area contributed by atoms with Crippen LogP contribution >= 0.6 is 0 Å². The summed E-state index contributed by atoms with van der Waals surface area (Å²) in [5.74, 6) is 0. The van der Waals surface area contributed by atoms with Crippen molar-refractivity contribution in [2.24, 2.45) is 0 Å². The van der Waals surface area contributed by atoms with Gasteiger partial charge in [-0.15, -0.1) is 0 Å². The van der Waals surface area contributed by atoms with Crippen LogP contribution in [0.1, 0.15) is 5.56 Å². The SMILES string of the molecule is CB(O)c1ccc(C)cc1.CB(O)c1ccc2cc(B(O)O)ccc2c1. The van der Waals surface area contributed by atoms with Gasteiger partial charge in [0, 0.05) is 0 Å². The third-order valence-corrected chi connectivity index (χ3v) is 4.23. The minimum atomic E-state index is -1.44. The van der Waals surface area contributed by atoms with Gasteiger partial charge in [-0.3, -0.25) is 0 Å². The van der Waals surface area contributed by atoms with Gasteiger partial charge in [0.2, 0.25) is 0 Å². The Morgan fingerprint density at radius 3 is 1.46 bits per heavy atom. The molecule has 0 radical (unpaired) electrons. The molecule has 0 amide bonds. The van der Waals surface area contributed by atoms with Crippen LogP contribution in [-0.4, -0.2) is 41.0 Å². The van der Waals surface area contributed by atoms with E-state index in [0.29, 0.717) is 5.46 Å². The first-order valence-corrected chi connectivity index (χ1v) is 8.60. The van der Waals surface area contributed by atoms with Gasteiger partial charge in [0.15, 0.2) is 0 Å². The third kappa shape index (κ3) is 5.48. The zero-order valence-electron chi connectivity index (χ0n) is 15.3. The predicted octanol–water partition coefficient (Wildman–Crippen LogP) is 0.156. The average molecular weight is 348 g/mol. The summed E-state index contributed by atoms with van der Waals surface area (Å²) in [5.41, 5.74) is 3.53. The first-order chi connectivity index (χ1) is 12.3. The molecule has 0 atom stereocenters. The highest BCUT2D eigenvalue weighted by Gasteiger charge is 2.12. The second kappa shape index (κ2) is 9.06. The summed E-state index contributed by atoms with van der Waals surface area (Å²) in [7, 11) is -1.44. The largest absolute Gasteiger partial charge is 0.488 e. The molecular formula is C19H23B3O4. The molecule has 0 heterocycles. The van der Waals surface area contributed by atoms with Gasteiger partial charge < -0.3 is 20.1 Å². The molecular weight excluding hydrogens is 325 g/mol. The fourth-order valence-electron chi connectivity index (χ4n) is 2.55. The van der Waals surface area contributed by atoms with Crippen LogP contribution in [0.4, 0.5) is 0 Å². The highest BCUT2D eigenvalue weighted by atomic mass is 16.4. The van der Waals surface area contributed by atoms with Gasteiger partial charge in [-0.2, -0.15) is 0 Å². The van der Waals surface area contributed by atoms with Crippen LogP contribution in [0.25, 0.3) is 10.8 Å². The molecule has 4 N–H and O–H groups in total. The topological polar surface area (TPSA) is 80.9 Å². The Morgan fingerprint density at radius 1 is 0.577 bits per heavy atom. The molecule has 0 saturated carbocycles. The standard InChI is InChI=1S/C11H12B2O3.C8H11BO/c1-12(14)10-4-2-9-7-11(13(15)16)5-3-8(9)6-10;1-7-3-5-8(6-4-7)9(2)10/h2-7,14-16H,1H3;3-6,10H,1-2H3. The second-order valence-corrected chi connectivity index (χ2v) is 6.50. The van der Waals surface area contributed by atoms with Crippen molar-refractivity contribution in [3.8, 4) is 0 Å². The van der Waals surface area contributed by atoms with Crippen molar-refractivity contribution in [3.63, 3.8) is 0 Å². The molecule has 0 aliphatic rings. The molecule has 0 aliphatic carbocycles. The number of fused-ring (bicyclic) bond motifs is 1. The highest BCUT2D eigenvalue weighted by Crippen LogP contribution is 2.10. The zero-order chi connectivity index (χ0) is 19.3. The van der Waals surface area contributed by atoms with Crippen LogP contribution in [-0.2, 0) is 0 Å². The van der Waals surface area contributed by atoms with Gasteiger partial charge in [-0.25, -0.2) is 0 Å². The molecule has 4 nitrogen and oxygen atoms in total. The fourth-order valence-corrected chi connectivity index (χ4v) is 2.55. The van der Waals surface area contributed by atoms with Crippen molar-refractivity contribution in [2.75, 3.05) is 0 Å². The minimum Gasteiger partial charge on any atom is -0.447 e. The molecule has 0 unspecified atom stereocenters. The summed E-state index contributed by atoms with van der Waals surface area (Å²) in [6.07, 6.45) is 0. The van der Waals surface area contributed by atoms with Crippen LogP contribution in [0.5, 0.6) is 0 Å². The van der Waals surface area contributed by atoms with Crippen molar-refractivity contribution in [2.45, 2.75) is 20.6 Å². The third-order valence-electron chi connectivity index (χ3n) is 4.23. The Bertz CT molecular complexity index is 802. The van der Waals surface area contributed by atoms with E-state index >= 15 is 0 Å². The minimum absolute atomic E-state index is 0.347. The van der Waals surface area contributed by atoms with Crippen LogP contribution in [0.15, 0.2) is 60.7 Å². The molecule has 3 aromatic carbocycles. The maximum absolute atomic E-state index is 9.45. The van der Waals surface area contributed by atoms with E-state index in [1.807, 2.05) is 55.5 Å². The summed E-state index contributed by atoms with van der Waals surface area (Å²) < 4.78 is 0. The lowest BCUT2D eigenvalue weighted by atomic mass is 9.64. The van der Waals surface area contributed by atoms with Crippen LogP contribution in [0.3, 0.4) is 0 Å². The van der Waals surface area contributed by atoms with Gasteiger partial charge in [0.25, 0.3) is 0 Å². The molecule has 3 rings (SSSR count). The van der Waals surface area contributed by atoms with Crippen LogP contribution in [0.2, 0.25) is 13.6 Å². The lowest BCUT2D eigenvalue weighted by Crippen LogP contribution is -2.29. The van der Waals surface area contributed by atoms with Gasteiger partial charge >= 0.3 is 20.9 Å². The highest BCUT2D eigenvalue weighted by molar-refractivity contribution is 6.65. The molecule has 26 heavy (non-hydrogen) atoms. The summed E-state index contributed by atoms with van der Waals surface area (Å²) >= 11 is 0. The Morgan fingerprint density at radius 2 is 1.00 bits per heavy atom. The Balaban J connectivity index is 0.000000209. The van der Waals surface area contributed by atoms with Crippen molar-refractivity contribution >= 4 is 48.1 Å². The maximum atomic E-state index is 9.45. The number of benzene rings is 3. The van der Waals surface area contributed by atoms with E-state index in [4.69, 9.17) is 15.1 Å². The molecule has 0 aromatic heterocycles. The van der Waals surface area contributed by atoms with Crippen LogP contribution < -0.4 is 16.4 Å². The molecule has 0 aliphatic heterocycles.